The van der Waals surface area contributed by atoms with Crippen LogP contribution in [0.2, 0.25) is 0 Å². The lowest BCUT2D eigenvalue weighted by Crippen LogP contribution is -2.49. The zero-order valence-electron chi connectivity index (χ0n) is 19.7. The van der Waals surface area contributed by atoms with E-state index >= 15 is 0 Å². The molecule has 180 valence electrons. The highest BCUT2D eigenvalue weighted by Crippen LogP contribution is 2.10. The van der Waals surface area contributed by atoms with Gasteiger partial charge in [0.15, 0.2) is 5.96 Å². The van der Waals surface area contributed by atoms with E-state index in [4.69, 9.17) is 0 Å². The molecule has 0 spiro atoms. The Morgan fingerprint density at radius 3 is 2.28 bits per heavy atom. The molecule has 0 atom stereocenters. The smallest absolute Gasteiger partial charge is 0.242 e. The monoisotopic (exact) mass is 560 g/mol. The molecule has 1 aliphatic heterocycles. The number of aromatic nitrogens is 2. The number of nitrogens with one attached hydrogen (secondary N) is 1. The summed E-state index contributed by atoms with van der Waals surface area (Å²) in [6, 6.07) is 1.79. The minimum Gasteiger partial charge on any atom is -0.357 e. The first kappa shape index (κ1) is 27.9. The van der Waals surface area contributed by atoms with Crippen LogP contribution in [0.15, 0.2) is 23.5 Å². The van der Waals surface area contributed by atoms with Gasteiger partial charge in [-0.15, -0.1) is 24.0 Å². The van der Waals surface area contributed by atoms with Gasteiger partial charge in [-0.25, -0.2) is 9.97 Å². The van der Waals surface area contributed by atoms with E-state index in [1.165, 1.54) is 0 Å². The molecule has 1 fully saturated rings. The van der Waals surface area contributed by atoms with Crippen molar-refractivity contribution in [2.45, 2.75) is 27.2 Å². The first-order chi connectivity index (χ1) is 15.0. The fourth-order valence-electron chi connectivity index (χ4n) is 3.45. The molecule has 0 radical (unpaired) electrons. The average Bonchev–Trinajstić information content (AvgIpc) is 2.79. The summed E-state index contributed by atoms with van der Waals surface area (Å²) in [5.41, 5.74) is 0. The lowest BCUT2D eigenvalue weighted by molar-refractivity contribution is -0.132. The fourth-order valence-corrected chi connectivity index (χ4v) is 3.45. The highest BCUT2D eigenvalue weighted by Gasteiger charge is 2.22. The van der Waals surface area contributed by atoms with Crippen molar-refractivity contribution in [3.8, 4) is 0 Å². The van der Waals surface area contributed by atoms with E-state index in [0.29, 0.717) is 57.6 Å². The van der Waals surface area contributed by atoms with Gasteiger partial charge in [0.2, 0.25) is 17.8 Å². The van der Waals surface area contributed by atoms with Crippen LogP contribution >= 0.6 is 24.0 Å². The van der Waals surface area contributed by atoms with E-state index in [2.05, 4.69) is 25.2 Å². The molecule has 0 saturated carbocycles. The minimum absolute atomic E-state index is 0. The topological polar surface area (TPSA) is 97.3 Å². The van der Waals surface area contributed by atoms with Gasteiger partial charge in [-0.3, -0.25) is 14.6 Å². The number of halogens is 1. The summed E-state index contributed by atoms with van der Waals surface area (Å²) in [5.74, 6) is 1.50. The molecule has 11 heteroatoms. The Morgan fingerprint density at radius 2 is 1.72 bits per heavy atom. The third kappa shape index (κ3) is 8.40. The molecule has 32 heavy (non-hydrogen) atoms. The van der Waals surface area contributed by atoms with Crippen LogP contribution in [0.25, 0.3) is 0 Å². The van der Waals surface area contributed by atoms with Gasteiger partial charge in [0, 0.05) is 71.7 Å². The van der Waals surface area contributed by atoms with Gasteiger partial charge >= 0.3 is 0 Å². The maximum absolute atomic E-state index is 12.6. The first-order valence-electron chi connectivity index (χ1n) is 11.1. The van der Waals surface area contributed by atoms with E-state index in [1.54, 1.807) is 23.4 Å². The molecule has 0 unspecified atom stereocenters. The molecule has 0 aliphatic carbocycles. The predicted octanol–water partition coefficient (Wildman–Crippen LogP) is 0.899. The number of anilines is 1. The third-order valence-corrected chi connectivity index (χ3v) is 5.24. The Labute approximate surface area is 208 Å². The van der Waals surface area contributed by atoms with Crippen LogP contribution in [-0.2, 0) is 9.59 Å². The molecule has 10 nitrogen and oxygen atoms in total. The van der Waals surface area contributed by atoms with Crippen LogP contribution in [0.1, 0.15) is 27.2 Å². The number of carbonyl (C=O) groups is 2. The van der Waals surface area contributed by atoms with E-state index in [-0.39, 0.29) is 42.3 Å². The van der Waals surface area contributed by atoms with Crippen molar-refractivity contribution in [1.82, 2.24) is 30.0 Å². The van der Waals surface area contributed by atoms with Crippen molar-refractivity contribution in [3.63, 3.8) is 0 Å². The van der Waals surface area contributed by atoms with E-state index in [9.17, 15) is 9.59 Å². The zero-order valence-corrected chi connectivity index (χ0v) is 22.0. The summed E-state index contributed by atoms with van der Waals surface area (Å²) in [7, 11) is 1.84. The van der Waals surface area contributed by atoms with Gasteiger partial charge in [0.1, 0.15) is 0 Å². The van der Waals surface area contributed by atoms with Gasteiger partial charge < -0.3 is 24.9 Å². The standard InChI is InChI=1S/C21H36N8O2.HI/c1-5-22-20(26(4)17-19(31)27(6-2)7-3)25-12-9-18(30)28-13-15-29(16-14-28)21-23-10-8-11-24-21;/h8,10-11H,5-7,9,12-17H2,1-4H3,(H,22,25);1H. The third-order valence-electron chi connectivity index (χ3n) is 5.24. The molecular weight excluding hydrogens is 523 g/mol. The highest BCUT2D eigenvalue weighted by molar-refractivity contribution is 14.0. The van der Waals surface area contributed by atoms with Crippen LogP contribution in [-0.4, -0.2) is 108 Å². The summed E-state index contributed by atoms with van der Waals surface area (Å²) < 4.78 is 0. The summed E-state index contributed by atoms with van der Waals surface area (Å²) in [6.07, 6.45) is 3.80. The van der Waals surface area contributed by atoms with Crippen LogP contribution in [0.3, 0.4) is 0 Å². The highest BCUT2D eigenvalue weighted by atomic mass is 127. The number of hydrogen-bond acceptors (Lipinski definition) is 6. The molecule has 2 amide bonds. The van der Waals surface area contributed by atoms with Crippen LogP contribution in [0.5, 0.6) is 0 Å². The Morgan fingerprint density at radius 1 is 1.09 bits per heavy atom. The number of carbonyl (C=O) groups excluding carboxylic acids is 2. The van der Waals surface area contributed by atoms with Crippen molar-refractivity contribution < 1.29 is 9.59 Å². The lowest BCUT2D eigenvalue weighted by atomic mass is 10.3. The predicted molar refractivity (Wildman–Crippen MR) is 137 cm³/mol. The summed E-state index contributed by atoms with van der Waals surface area (Å²) >= 11 is 0. The minimum atomic E-state index is 0. The molecule has 0 aromatic carbocycles. The molecular formula is C21H37IN8O2. The number of nitrogens with zero attached hydrogens (tertiary/aromatic N) is 7. The molecule has 1 aromatic rings. The van der Waals surface area contributed by atoms with Crippen molar-refractivity contribution in [3.05, 3.63) is 18.5 Å². The van der Waals surface area contributed by atoms with Gasteiger partial charge in [-0.2, -0.15) is 0 Å². The molecule has 2 heterocycles. The van der Waals surface area contributed by atoms with Gasteiger partial charge in [0.25, 0.3) is 0 Å². The molecule has 1 saturated heterocycles. The summed E-state index contributed by atoms with van der Waals surface area (Å²) in [5, 5.41) is 3.20. The van der Waals surface area contributed by atoms with Crippen LogP contribution in [0, 0.1) is 0 Å². The fraction of sp³-hybridized carbons (Fsp3) is 0.667. The van der Waals surface area contributed by atoms with Gasteiger partial charge in [0.05, 0.1) is 13.1 Å². The average molecular weight is 560 g/mol. The summed E-state index contributed by atoms with van der Waals surface area (Å²) in [6.45, 7) is 11.4. The second-order valence-corrected chi connectivity index (χ2v) is 7.32. The van der Waals surface area contributed by atoms with Crippen LogP contribution < -0.4 is 10.2 Å². The molecule has 1 aliphatic rings. The van der Waals surface area contributed by atoms with Crippen molar-refractivity contribution in [2.24, 2.45) is 4.99 Å². The van der Waals surface area contributed by atoms with Crippen molar-refractivity contribution >= 4 is 47.7 Å². The lowest BCUT2D eigenvalue weighted by Gasteiger charge is -2.34. The maximum atomic E-state index is 12.6. The molecule has 0 bridgehead atoms. The Bertz CT molecular complexity index is 722. The number of piperazine rings is 1. The largest absolute Gasteiger partial charge is 0.357 e. The van der Waals surface area contributed by atoms with Gasteiger partial charge in [-0.1, -0.05) is 0 Å². The number of guanidine groups is 1. The first-order valence-corrected chi connectivity index (χ1v) is 11.1. The number of amides is 2. The molecule has 1 aromatic heterocycles. The normalized spacial score (nSPS) is 13.9. The zero-order chi connectivity index (χ0) is 22.6. The summed E-state index contributed by atoms with van der Waals surface area (Å²) in [4.78, 5) is 45.6. The quantitative estimate of drug-likeness (QED) is 0.272. The van der Waals surface area contributed by atoms with E-state index < -0.39 is 0 Å². The Balaban J connectivity index is 0.00000512. The van der Waals surface area contributed by atoms with E-state index in [0.717, 1.165) is 13.1 Å². The van der Waals surface area contributed by atoms with Crippen molar-refractivity contribution in [1.29, 1.82) is 0 Å². The second kappa shape index (κ2) is 14.8. The number of rotatable bonds is 9. The Hall–Kier alpha value is -2.18. The SMILES string of the molecule is CCNC(=NCCC(=O)N1CCN(c2ncccn2)CC1)N(C)CC(=O)N(CC)CC.I. The second-order valence-electron chi connectivity index (χ2n) is 7.32. The number of aliphatic imine (C=N–C) groups is 1. The molecule has 2 rings (SSSR count). The van der Waals surface area contributed by atoms with Crippen LogP contribution in [0.4, 0.5) is 5.95 Å². The Kier molecular flexibility index (Phi) is 12.9. The van der Waals surface area contributed by atoms with Gasteiger partial charge in [-0.05, 0) is 26.8 Å². The van der Waals surface area contributed by atoms with E-state index in [1.807, 2.05) is 37.6 Å². The maximum Gasteiger partial charge on any atom is 0.242 e. The van der Waals surface area contributed by atoms with Crippen molar-refractivity contribution in [2.75, 3.05) is 70.9 Å². The number of likely N-dealkylation sites (N-methyl/N-ethyl adjacent to an activating group) is 2. The number of hydrogen-bond donors (Lipinski definition) is 1. The molecule has 1 N–H and O–H groups in total.